The van der Waals surface area contributed by atoms with E-state index >= 15 is 0 Å². The topological polar surface area (TPSA) is 96.3 Å². The zero-order valence-electron chi connectivity index (χ0n) is 14.1. The Balaban J connectivity index is 1.73. The van der Waals surface area contributed by atoms with Crippen LogP contribution in [0, 0.1) is 5.41 Å². The highest BCUT2D eigenvalue weighted by Gasteiger charge is 2.41. The third-order valence-corrected chi connectivity index (χ3v) is 5.62. The largest absolute Gasteiger partial charge is 0.379 e. The van der Waals surface area contributed by atoms with Crippen molar-refractivity contribution in [3.8, 4) is 0 Å². The summed E-state index contributed by atoms with van der Waals surface area (Å²) in [6, 6.07) is 0.159. The zero-order valence-corrected chi connectivity index (χ0v) is 15.7. The van der Waals surface area contributed by atoms with E-state index in [1.165, 1.54) is 0 Å². The normalized spacial score (nSPS) is 22.7. The highest BCUT2D eigenvalue weighted by atomic mass is 79.9. The molecule has 1 unspecified atom stereocenters. The molecule has 0 bridgehead atoms. The summed E-state index contributed by atoms with van der Waals surface area (Å²) >= 11 is 3.63. The number of rotatable bonds is 3. The minimum absolute atomic E-state index is 0.0269. The lowest BCUT2D eigenvalue weighted by Gasteiger charge is -2.36. The lowest BCUT2D eigenvalue weighted by Crippen LogP contribution is -2.49. The number of hydrogen-bond donors (Lipinski definition) is 3. The first-order chi connectivity index (χ1) is 12.0. The molecule has 2 aliphatic heterocycles. The van der Waals surface area contributed by atoms with Crippen molar-refractivity contribution < 1.29 is 9.53 Å². The quantitative estimate of drug-likeness (QED) is 0.724. The average Bonchev–Trinajstić information content (AvgIpc) is 2.95. The Hall–Kier alpha value is -1.64. The van der Waals surface area contributed by atoms with Gasteiger partial charge in [0.15, 0.2) is 0 Å². The number of H-pyrrole nitrogens is 1. The van der Waals surface area contributed by atoms with E-state index in [1.807, 2.05) is 6.92 Å². The van der Waals surface area contributed by atoms with Crippen LogP contribution in [0.2, 0.25) is 0 Å². The fourth-order valence-electron chi connectivity index (χ4n) is 3.49. The number of ether oxygens (including phenoxy) is 1. The monoisotopic (exact) mass is 407 g/mol. The molecule has 1 amide bonds. The van der Waals surface area contributed by atoms with Crippen LogP contribution in [0.15, 0.2) is 16.9 Å². The summed E-state index contributed by atoms with van der Waals surface area (Å²) < 4.78 is 6.11. The number of halogens is 1. The van der Waals surface area contributed by atoms with E-state index < -0.39 is 5.41 Å². The molecule has 0 aliphatic carbocycles. The van der Waals surface area contributed by atoms with E-state index in [2.05, 4.69) is 36.1 Å². The molecule has 1 atom stereocenters. The van der Waals surface area contributed by atoms with Gasteiger partial charge in [0.05, 0.1) is 39.9 Å². The molecular formula is C17H22BrN5O2. The number of nitrogens with two attached hydrogens (primary N) is 1. The lowest BCUT2D eigenvalue weighted by molar-refractivity contribution is -0.151. The summed E-state index contributed by atoms with van der Waals surface area (Å²) in [7, 11) is 0. The number of aromatic amines is 1. The Bertz CT molecular complexity index is 817. The molecule has 134 valence electrons. The molecule has 2 saturated heterocycles. The number of aromatic nitrogens is 2. The van der Waals surface area contributed by atoms with Crippen molar-refractivity contribution in [2.24, 2.45) is 11.1 Å². The van der Waals surface area contributed by atoms with Crippen LogP contribution < -0.4 is 16.0 Å². The number of nitrogens with one attached hydrogen (secondary N) is 2. The highest BCUT2D eigenvalue weighted by Crippen LogP contribution is 2.39. The number of amides is 1. The third kappa shape index (κ3) is 2.92. The van der Waals surface area contributed by atoms with Gasteiger partial charge in [0.1, 0.15) is 5.65 Å². The first-order valence-corrected chi connectivity index (χ1v) is 9.32. The number of anilines is 2. The standard InChI is InChI=1S/C17H22BrN5O2/c1-17(8-25-9-17)16(24)22-12-6-21-15-13(12)14(11(18)5-20-15)23-4-2-3-10(19)7-23/h5-6,10H,2-4,7-9,19H2,1H3,(H,20,21)(H,22,24). The van der Waals surface area contributed by atoms with Gasteiger partial charge in [-0.05, 0) is 35.7 Å². The molecule has 0 radical (unpaired) electrons. The molecule has 25 heavy (non-hydrogen) atoms. The van der Waals surface area contributed by atoms with E-state index in [4.69, 9.17) is 10.5 Å². The lowest BCUT2D eigenvalue weighted by atomic mass is 9.87. The van der Waals surface area contributed by atoms with Crippen LogP contribution in [0.4, 0.5) is 11.4 Å². The summed E-state index contributed by atoms with van der Waals surface area (Å²) in [5.41, 5.74) is 8.24. The van der Waals surface area contributed by atoms with Crippen molar-refractivity contribution in [3.63, 3.8) is 0 Å². The highest BCUT2D eigenvalue weighted by molar-refractivity contribution is 9.10. The molecule has 0 saturated carbocycles. The fourth-order valence-corrected chi connectivity index (χ4v) is 4.04. The van der Waals surface area contributed by atoms with Crippen LogP contribution in [-0.2, 0) is 9.53 Å². The molecule has 2 aromatic rings. The van der Waals surface area contributed by atoms with Gasteiger partial charge in [-0.3, -0.25) is 4.79 Å². The van der Waals surface area contributed by atoms with Gasteiger partial charge in [-0.2, -0.15) is 0 Å². The summed E-state index contributed by atoms with van der Waals surface area (Å²) in [6.45, 7) is 4.56. The number of fused-ring (bicyclic) bond motifs is 1. The molecule has 4 rings (SSSR count). The Kier molecular flexibility index (Phi) is 4.21. The predicted octanol–water partition coefficient (Wildman–Crippen LogP) is 2.23. The molecular weight excluding hydrogens is 386 g/mol. The van der Waals surface area contributed by atoms with E-state index in [-0.39, 0.29) is 11.9 Å². The summed E-state index contributed by atoms with van der Waals surface area (Å²) in [6.07, 6.45) is 5.69. The van der Waals surface area contributed by atoms with Crippen molar-refractivity contribution in [2.75, 3.05) is 36.5 Å². The van der Waals surface area contributed by atoms with Gasteiger partial charge in [0.2, 0.25) is 5.91 Å². The van der Waals surface area contributed by atoms with Crippen LogP contribution in [0.3, 0.4) is 0 Å². The van der Waals surface area contributed by atoms with Crippen molar-refractivity contribution in [1.82, 2.24) is 9.97 Å². The first kappa shape index (κ1) is 16.8. The minimum Gasteiger partial charge on any atom is -0.379 e. The second-order valence-corrected chi connectivity index (χ2v) is 8.09. The second kappa shape index (κ2) is 6.26. The molecule has 4 N–H and O–H groups in total. The number of carbonyl (C=O) groups is 1. The van der Waals surface area contributed by atoms with E-state index in [0.29, 0.717) is 13.2 Å². The number of nitrogens with zero attached hydrogens (tertiary/aromatic N) is 2. The number of piperidine rings is 1. The van der Waals surface area contributed by atoms with E-state index in [0.717, 1.165) is 52.8 Å². The smallest absolute Gasteiger partial charge is 0.235 e. The molecule has 0 spiro atoms. The zero-order chi connectivity index (χ0) is 17.6. The van der Waals surface area contributed by atoms with Crippen LogP contribution in [0.1, 0.15) is 19.8 Å². The maximum absolute atomic E-state index is 12.6. The molecule has 7 nitrogen and oxygen atoms in total. The van der Waals surface area contributed by atoms with Gasteiger partial charge in [-0.1, -0.05) is 0 Å². The number of pyridine rings is 1. The van der Waals surface area contributed by atoms with Crippen molar-refractivity contribution in [3.05, 3.63) is 16.9 Å². The van der Waals surface area contributed by atoms with Crippen molar-refractivity contribution in [1.29, 1.82) is 0 Å². The second-order valence-electron chi connectivity index (χ2n) is 7.24. The Labute approximate surface area is 154 Å². The van der Waals surface area contributed by atoms with Gasteiger partial charge in [-0.25, -0.2) is 4.98 Å². The molecule has 2 fully saturated rings. The maximum atomic E-state index is 12.6. The van der Waals surface area contributed by atoms with E-state index in [1.54, 1.807) is 12.4 Å². The summed E-state index contributed by atoms with van der Waals surface area (Å²) in [5.74, 6) is -0.0269. The van der Waals surface area contributed by atoms with Crippen molar-refractivity contribution >= 4 is 44.2 Å². The molecule has 4 heterocycles. The van der Waals surface area contributed by atoms with Crippen LogP contribution in [0.5, 0.6) is 0 Å². The average molecular weight is 408 g/mol. The predicted molar refractivity (Wildman–Crippen MR) is 101 cm³/mol. The molecule has 8 heteroatoms. The first-order valence-electron chi connectivity index (χ1n) is 8.53. The van der Waals surface area contributed by atoms with Gasteiger partial charge >= 0.3 is 0 Å². The molecule has 2 aromatic heterocycles. The minimum atomic E-state index is -0.462. The SMILES string of the molecule is CC1(C(=O)Nc2c[nH]c3ncc(Br)c(N4CCCC(N)C4)c23)COC1. The number of carbonyl (C=O) groups excluding carboxylic acids is 1. The Morgan fingerprint density at radius 3 is 3.04 bits per heavy atom. The van der Waals surface area contributed by atoms with Gasteiger partial charge in [0, 0.05) is 31.5 Å². The van der Waals surface area contributed by atoms with E-state index in [9.17, 15) is 4.79 Å². The Morgan fingerprint density at radius 1 is 1.56 bits per heavy atom. The maximum Gasteiger partial charge on any atom is 0.235 e. The fraction of sp³-hybridized carbons (Fsp3) is 0.529. The molecule has 0 aromatic carbocycles. The Morgan fingerprint density at radius 2 is 2.36 bits per heavy atom. The van der Waals surface area contributed by atoms with Crippen LogP contribution >= 0.6 is 15.9 Å². The van der Waals surface area contributed by atoms with Crippen molar-refractivity contribution in [2.45, 2.75) is 25.8 Å². The van der Waals surface area contributed by atoms with Gasteiger partial charge in [-0.15, -0.1) is 0 Å². The van der Waals surface area contributed by atoms with Crippen LogP contribution in [-0.4, -0.2) is 48.2 Å². The third-order valence-electron chi connectivity index (χ3n) is 5.04. The van der Waals surface area contributed by atoms with Gasteiger partial charge < -0.3 is 25.7 Å². The molecule has 2 aliphatic rings. The summed E-state index contributed by atoms with van der Waals surface area (Å²) in [4.78, 5) is 22.5. The summed E-state index contributed by atoms with van der Waals surface area (Å²) in [5, 5.41) is 3.97. The number of hydrogen-bond acceptors (Lipinski definition) is 5. The van der Waals surface area contributed by atoms with Crippen LogP contribution in [0.25, 0.3) is 11.0 Å². The van der Waals surface area contributed by atoms with Gasteiger partial charge in [0.25, 0.3) is 0 Å².